The largest absolute Gasteiger partial charge is 0.378 e. The number of anilines is 1. The smallest absolute Gasteiger partial charge is 0.253 e. The van der Waals surface area contributed by atoms with Crippen LogP contribution in [0, 0.1) is 13.8 Å². The van der Waals surface area contributed by atoms with Crippen LogP contribution in [0.2, 0.25) is 0 Å². The molecule has 0 saturated carbocycles. The van der Waals surface area contributed by atoms with E-state index in [1.807, 2.05) is 69.2 Å². The summed E-state index contributed by atoms with van der Waals surface area (Å²) >= 11 is 0. The standard InChI is InChI=1S/C21H27N3O3S/c1-16-5-6-17(2)20(15-16)28(26,27)24-13-11-23(12-14-24)21(25)18-7-9-19(10-8-18)22(3)4/h5-10,15H,11-14H2,1-4H3. The molecule has 0 aromatic heterocycles. The highest BCUT2D eigenvalue weighted by Gasteiger charge is 2.31. The van der Waals surface area contributed by atoms with Crippen molar-refractivity contribution in [2.24, 2.45) is 0 Å². The monoisotopic (exact) mass is 401 g/mol. The molecule has 0 aliphatic carbocycles. The highest BCUT2D eigenvalue weighted by molar-refractivity contribution is 7.89. The van der Waals surface area contributed by atoms with Gasteiger partial charge in [-0.1, -0.05) is 12.1 Å². The average molecular weight is 402 g/mol. The summed E-state index contributed by atoms with van der Waals surface area (Å²) in [6, 6.07) is 12.9. The number of hydrogen-bond acceptors (Lipinski definition) is 4. The Bertz CT molecular complexity index is 961. The second-order valence-corrected chi connectivity index (χ2v) is 9.31. The minimum absolute atomic E-state index is 0.0610. The van der Waals surface area contributed by atoms with Gasteiger partial charge in [0.25, 0.3) is 5.91 Å². The Morgan fingerprint density at radius 2 is 1.54 bits per heavy atom. The fourth-order valence-electron chi connectivity index (χ4n) is 3.34. The summed E-state index contributed by atoms with van der Waals surface area (Å²) in [6.45, 7) is 5.07. The summed E-state index contributed by atoms with van der Waals surface area (Å²) in [5.74, 6) is -0.0610. The molecule has 0 spiro atoms. The second kappa shape index (κ2) is 7.93. The van der Waals surface area contributed by atoms with E-state index in [1.165, 1.54) is 4.31 Å². The minimum Gasteiger partial charge on any atom is -0.378 e. The SMILES string of the molecule is Cc1ccc(C)c(S(=O)(=O)N2CCN(C(=O)c3ccc(N(C)C)cc3)CC2)c1. The number of sulfonamides is 1. The molecule has 1 amide bonds. The van der Waals surface area contributed by atoms with Crippen LogP contribution in [-0.2, 0) is 10.0 Å². The van der Waals surface area contributed by atoms with E-state index in [2.05, 4.69) is 0 Å². The van der Waals surface area contributed by atoms with Gasteiger partial charge in [-0.05, 0) is 55.3 Å². The third kappa shape index (κ3) is 4.05. The van der Waals surface area contributed by atoms with E-state index in [0.29, 0.717) is 36.6 Å². The van der Waals surface area contributed by atoms with Crippen LogP contribution in [0.4, 0.5) is 5.69 Å². The first-order valence-electron chi connectivity index (χ1n) is 9.34. The maximum absolute atomic E-state index is 13.0. The molecule has 1 aliphatic heterocycles. The molecule has 1 saturated heterocycles. The van der Waals surface area contributed by atoms with Crippen LogP contribution in [0.5, 0.6) is 0 Å². The molecule has 7 heteroatoms. The number of rotatable bonds is 4. The van der Waals surface area contributed by atoms with Crippen molar-refractivity contribution < 1.29 is 13.2 Å². The lowest BCUT2D eigenvalue weighted by molar-refractivity contribution is 0.0698. The number of amides is 1. The van der Waals surface area contributed by atoms with Gasteiger partial charge in [-0.15, -0.1) is 0 Å². The van der Waals surface area contributed by atoms with Gasteiger partial charge in [0.1, 0.15) is 0 Å². The summed E-state index contributed by atoms with van der Waals surface area (Å²) in [4.78, 5) is 16.8. The molecule has 2 aromatic rings. The first kappa shape index (κ1) is 20.4. The lowest BCUT2D eigenvalue weighted by atomic mass is 10.1. The first-order chi connectivity index (χ1) is 13.2. The molecule has 0 unspecified atom stereocenters. The molecular formula is C21H27N3O3S. The van der Waals surface area contributed by atoms with E-state index < -0.39 is 10.0 Å². The molecule has 6 nitrogen and oxygen atoms in total. The van der Waals surface area contributed by atoms with Crippen LogP contribution in [-0.4, -0.2) is 63.8 Å². The highest BCUT2D eigenvalue weighted by atomic mass is 32.2. The van der Waals surface area contributed by atoms with Crippen molar-refractivity contribution in [1.29, 1.82) is 0 Å². The van der Waals surface area contributed by atoms with Crippen LogP contribution in [0.15, 0.2) is 47.4 Å². The summed E-state index contributed by atoms with van der Waals surface area (Å²) in [5.41, 5.74) is 3.31. The molecule has 0 atom stereocenters. The summed E-state index contributed by atoms with van der Waals surface area (Å²) in [6.07, 6.45) is 0. The Labute approximate surface area is 167 Å². The average Bonchev–Trinajstić information content (AvgIpc) is 2.69. The first-order valence-corrected chi connectivity index (χ1v) is 10.8. The number of nitrogens with zero attached hydrogens (tertiary/aromatic N) is 3. The molecule has 2 aromatic carbocycles. The number of aryl methyl sites for hydroxylation is 2. The van der Waals surface area contributed by atoms with Crippen molar-refractivity contribution in [2.45, 2.75) is 18.7 Å². The highest BCUT2D eigenvalue weighted by Crippen LogP contribution is 2.23. The Kier molecular flexibility index (Phi) is 5.76. The van der Waals surface area contributed by atoms with Crippen LogP contribution in [0.25, 0.3) is 0 Å². The van der Waals surface area contributed by atoms with Gasteiger partial charge in [-0.3, -0.25) is 4.79 Å². The maximum Gasteiger partial charge on any atom is 0.253 e. The summed E-state index contributed by atoms with van der Waals surface area (Å²) in [7, 11) is 0.347. The van der Waals surface area contributed by atoms with Crippen LogP contribution in [0.1, 0.15) is 21.5 Å². The maximum atomic E-state index is 13.0. The molecule has 1 heterocycles. The Balaban J connectivity index is 1.70. The van der Waals surface area contributed by atoms with Crippen LogP contribution in [0.3, 0.4) is 0 Å². The van der Waals surface area contributed by atoms with E-state index in [4.69, 9.17) is 0 Å². The molecule has 28 heavy (non-hydrogen) atoms. The van der Waals surface area contributed by atoms with Gasteiger partial charge < -0.3 is 9.80 Å². The number of carbonyl (C=O) groups is 1. The Morgan fingerprint density at radius 3 is 2.11 bits per heavy atom. The quantitative estimate of drug-likeness (QED) is 0.790. The molecule has 0 bridgehead atoms. The molecule has 0 N–H and O–H groups in total. The number of benzene rings is 2. The summed E-state index contributed by atoms with van der Waals surface area (Å²) < 4.78 is 27.5. The minimum atomic E-state index is -3.55. The predicted molar refractivity (Wildman–Crippen MR) is 111 cm³/mol. The molecule has 150 valence electrons. The number of piperazine rings is 1. The zero-order valence-corrected chi connectivity index (χ0v) is 17.7. The zero-order valence-electron chi connectivity index (χ0n) is 16.8. The van der Waals surface area contributed by atoms with Gasteiger partial charge in [-0.2, -0.15) is 4.31 Å². The fourth-order valence-corrected chi connectivity index (χ4v) is 5.07. The molecular weight excluding hydrogens is 374 g/mol. The van der Waals surface area contributed by atoms with Crippen molar-refractivity contribution in [3.63, 3.8) is 0 Å². The van der Waals surface area contributed by atoms with Crippen molar-refractivity contribution >= 4 is 21.6 Å². The molecule has 1 aliphatic rings. The third-order valence-electron chi connectivity index (χ3n) is 5.12. The Hall–Kier alpha value is -2.38. The lowest BCUT2D eigenvalue weighted by Gasteiger charge is -2.34. The molecule has 0 radical (unpaired) electrons. The predicted octanol–water partition coefficient (Wildman–Crippen LogP) is 2.52. The molecule has 1 fully saturated rings. The van der Waals surface area contributed by atoms with Gasteiger partial charge in [0.15, 0.2) is 0 Å². The van der Waals surface area contributed by atoms with Gasteiger partial charge in [0.05, 0.1) is 4.90 Å². The van der Waals surface area contributed by atoms with E-state index >= 15 is 0 Å². The van der Waals surface area contributed by atoms with Crippen molar-refractivity contribution in [3.05, 3.63) is 59.2 Å². The number of carbonyl (C=O) groups excluding carboxylic acids is 1. The van der Waals surface area contributed by atoms with Crippen LogP contribution < -0.4 is 4.90 Å². The van der Waals surface area contributed by atoms with E-state index in [0.717, 1.165) is 16.8 Å². The van der Waals surface area contributed by atoms with E-state index in [-0.39, 0.29) is 5.91 Å². The van der Waals surface area contributed by atoms with Gasteiger partial charge in [0.2, 0.25) is 10.0 Å². The zero-order chi connectivity index (χ0) is 20.5. The van der Waals surface area contributed by atoms with Crippen molar-refractivity contribution in [2.75, 3.05) is 45.2 Å². The van der Waals surface area contributed by atoms with Crippen molar-refractivity contribution in [1.82, 2.24) is 9.21 Å². The van der Waals surface area contributed by atoms with Crippen LogP contribution >= 0.6 is 0 Å². The van der Waals surface area contributed by atoms with Gasteiger partial charge >= 0.3 is 0 Å². The lowest BCUT2D eigenvalue weighted by Crippen LogP contribution is -2.50. The van der Waals surface area contributed by atoms with Gasteiger partial charge in [0, 0.05) is 51.5 Å². The second-order valence-electron chi connectivity index (χ2n) is 7.41. The van der Waals surface area contributed by atoms with Gasteiger partial charge in [-0.25, -0.2) is 8.42 Å². The number of hydrogen-bond donors (Lipinski definition) is 0. The third-order valence-corrected chi connectivity index (χ3v) is 7.16. The van der Waals surface area contributed by atoms with E-state index in [9.17, 15) is 13.2 Å². The van der Waals surface area contributed by atoms with E-state index in [1.54, 1.807) is 11.0 Å². The van der Waals surface area contributed by atoms with Crippen molar-refractivity contribution in [3.8, 4) is 0 Å². The summed E-state index contributed by atoms with van der Waals surface area (Å²) in [5, 5.41) is 0. The fraction of sp³-hybridized carbons (Fsp3) is 0.381. The molecule has 3 rings (SSSR count). The Morgan fingerprint density at radius 1 is 0.929 bits per heavy atom. The normalized spacial score (nSPS) is 15.5. The topological polar surface area (TPSA) is 60.9 Å².